The van der Waals surface area contributed by atoms with Crippen molar-refractivity contribution in [2.24, 2.45) is 10.9 Å². The highest BCUT2D eigenvalue weighted by atomic mass is 32.2. The number of hydrogen-bond donors (Lipinski definition) is 2. The van der Waals surface area contributed by atoms with Crippen molar-refractivity contribution in [2.45, 2.75) is 13.3 Å². The van der Waals surface area contributed by atoms with E-state index in [-0.39, 0.29) is 17.3 Å². The lowest BCUT2D eigenvalue weighted by Crippen LogP contribution is -2.28. The van der Waals surface area contributed by atoms with Crippen LogP contribution in [0.2, 0.25) is 0 Å². The molecule has 0 spiro atoms. The largest absolute Gasteiger partial charge is 0.409 e. The number of rotatable bonds is 7. The zero-order chi connectivity index (χ0) is 15.2. The Labute approximate surface area is 119 Å². The van der Waals surface area contributed by atoms with Crippen LogP contribution in [-0.2, 0) is 9.84 Å². The first-order chi connectivity index (χ1) is 9.41. The van der Waals surface area contributed by atoms with Gasteiger partial charge in [0.2, 0.25) is 0 Å². The molecule has 0 fully saturated rings. The van der Waals surface area contributed by atoms with Crippen LogP contribution in [0.25, 0.3) is 0 Å². The van der Waals surface area contributed by atoms with Crippen LogP contribution in [0.1, 0.15) is 18.9 Å². The Kier molecular flexibility index (Phi) is 5.82. The van der Waals surface area contributed by atoms with Crippen molar-refractivity contribution in [3.8, 4) is 0 Å². The number of nitrogens with two attached hydrogens (primary N) is 1. The average Bonchev–Trinajstić information content (AvgIpc) is 2.44. The molecule has 112 valence electrons. The van der Waals surface area contributed by atoms with Gasteiger partial charge < -0.3 is 15.8 Å². The maximum Gasteiger partial charge on any atom is 0.172 e. The van der Waals surface area contributed by atoms with Gasteiger partial charge in [-0.2, -0.15) is 0 Å². The summed E-state index contributed by atoms with van der Waals surface area (Å²) in [6.07, 6.45) is 0.618. The fourth-order valence-electron chi connectivity index (χ4n) is 1.89. The van der Waals surface area contributed by atoms with E-state index in [0.29, 0.717) is 18.5 Å². The van der Waals surface area contributed by atoms with Crippen LogP contribution in [0.3, 0.4) is 0 Å². The van der Waals surface area contributed by atoms with Crippen LogP contribution >= 0.6 is 0 Å². The van der Waals surface area contributed by atoms with Crippen molar-refractivity contribution in [3.05, 3.63) is 29.8 Å². The summed E-state index contributed by atoms with van der Waals surface area (Å²) in [6.45, 7) is 2.20. The van der Waals surface area contributed by atoms with Crippen LogP contribution < -0.4 is 10.6 Å². The lowest BCUT2D eigenvalue weighted by atomic mass is 10.1. The predicted molar refractivity (Wildman–Crippen MR) is 81.2 cm³/mol. The molecule has 3 N–H and O–H groups in total. The number of benzene rings is 1. The summed E-state index contributed by atoms with van der Waals surface area (Å²) in [5.41, 5.74) is 6.92. The normalized spacial score (nSPS) is 12.4. The highest BCUT2D eigenvalue weighted by molar-refractivity contribution is 7.91. The van der Waals surface area contributed by atoms with Crippen LogP contribution in [-0.4, -0.2) is 44.6 Å². The summed E-state index contributed by atoms with van der Waals surface area (Å²) >= 11 is 0. The third-order valence-corrected chi connectivity index (χ3v) is 4.79. The molecule has 0 amide bonds. The van der Waals surface area contributed by atoms with Gasteiger partial charge in [-0.15, -0.1) is 0 Å². The number of nitrogens with zero attached hydrogens (tertiary/aromatic N) is 2. The second-order valence-corrected chi connectivity index (χ2v) is 6.88. The lowest BCUT2D eigenvalue weighted by Gasteiger charge is -2.21. The number of para-hydroxylation sites is 1. The molecule has 0 aliphatic heterocycles. The fourth-order valence-corrected chi connectivity index (χ4v) is 3.26. The molecule has 0 unspecified atom stereocenters. The Balaban J connectivity index is 2.86. The minimum Gasteiger partial charge on any atom is -0.409 e. The zero-order valence-corrected chi connectivity index (χ0v) is 12.6. The molecule has 0 heterocycles. The van der Waals surface area contributed by atoms with Gasteiger partial charge in [-0.3, -0.25) is 0 Å². The van der Waals surface area contributed by atoms with Crippen LogP contribution in [0.15, 0.2) is 29.4 Å². The van der Waals surface area contributed by atoms with E-state index in [2.05, 4.69) is 5.16 Å². The Morgan fingerprint density at radius 3 is 2.60 bits per heavy atom. The molecule has 20 heavy (non-hydrogen) atoms. The van der Waals surface area contributed by atoms with Gasteiger partial charge in [0.1, 0.15) is 0 Å². The molecule has 0 radical (unpaired) electrons. The van der Waals surface area contributed by atoms with Gasteiger partial charge in [-0.1, -0.05) is 24.2 Å². The van der Waals surface area contributed by atoms with Crippen molar-refractivity contribution >= 4 is 21.4 Å². The molecule has 0 saturated carbocycles. The summed E-state index contributed by atoms with van der Waals surface area (Å²) in [7, 11) is -1.24. The van der Waals surface area contributed by atoms with E-state index in [1.54, 1.807) is 30.1 Å². The molecule has 1 aromatic carbocycles. The quantitative estimate of drug-likeness (QED) is 0.339. The lowest BCUT2D eigenvalue weighted by molar-refractivity contribution is 0.318. The van der Waals surface area contributed by atoms with Crippen molar-refractivity contribution < 1.29 is 13.6 Å². The van der Waals surface area contributed by atoms with Gasteiger partial charge in [0.15, 0.2) is 15.7 Å². The van der Waals surface area contributed by atoms with Gasteiger partial charge in [-0.05, 0) is 18.6 Å². The van der Waals surface area contributed by atoms with E-state index in [9.17, 15) is 8.42 Å². The van der Waals surface area contributed by atoms with Crippen LogP contribution in [0, 0.1) is 0 Å². The number of oxime groups is 1. The summed E-state index contributed by atoms with van der Waals surface area (Å²) in [6, 6.07) is 7.13. The minimum atomic E-state index is -3.03. The smallest absolute Gasteiger partial charge is 0.172 e. The van der Waals surface area contributed by atoms with Gasteiger partial charge in [0, 0.05) is 30.6 Å². The fraction of sp³-hybridized carbons (Fsp3) is 0.462. The molecule has 0 aliphatic rings. The molecular formula is C13H21N3O3S. The maximum atomic E-state index is 11.7. The molecule has 7 heteroatoms. The monoisotopic (exact) mass is 299 g/mol. The van der Waals surface area contributed by atoms with E-state index < -0.39 is 9.84 Å². The molecule has 0 atom stereocenters. The summed E-state index contributed by atoms with van der Waals surface area (Å²) in [5, 5.41) is 11.8. The van der Waals surface area contributed by atoms with Crippen molar-refractivity contribution in [1.29, 1.82) is 0 Å². The van der Waals surface area contributed by atoms with Crippen LogP contribution in [0.5, 0.6) is 0 Å². The standard InChI is InChI=1S/C13H21N3O3S/c1-3-9-20(18,19)10-8-16(2)12-7-5-4-6-11(12)13(14)15-17/h4-7,17H,3,8-10H2,1-2H3,(H2,14,15). The SMILES string of the molecule is CCCS(=O)(=O)CCN(C)c1ccccc1/C(N)=N/O. The van der Waals surface area contributed by atoms with Crippen molar-refractivity contribution in [1.82, 2.24) is 0 Å². The Bertz CT molecular complexity index is 570. The first-order valence-electron chi connectivity index (χ1n) is 6.39. The average molecular weight is 299 g/mol. The molecule has 0 aliphatic carbocycles. The van der Waals surface area contributed by atoms with E-state index in [4.69, 9.17) is 10.9 Å². The summed E-state index contributed by atoms with van der Waals surface area (Å²) in [4.78, 5) is 1.79. The van der Waals surface area contributed by atoms with Gasteiger partial charge in [0.25, 0.3) is 0 Å². The molecule has 0 aromatic heterocycles. The summed E-state index contributed by atoms with van der Waals surface area (Å²) < 4.78 is 23.5. The first-order valence-corrected chi connectivity index (χ1v) is 8.22. The number of sulfone groups is 1. The van der Waals surface area contributed by atoms with Crippen molar-refractivity contribution in [3.63, 3.8) is 0 Å². The third kappa shape index (κ3) is 4.41. The van der Waals surface area contributed by atoms with Gasteiger partial charge >= 0.3 is 0 Å². The summed E-state index contributed by atoms with van der Waals surface area (Å²) in [5.74, 6) is 0.286. The molecule has 1 aromatic rings. The second kappa shape index (κ2) is 7.14. The van der Waals surface area contributed by atoms with Gasteiger partial charge in [0.05, 0.1) is 5.75 Å². The number of hydrogen-bond acceptors (Lipinski definition) is 5. The Morgan fingerprint density at radius 1 is 1.35 bits per heavy atom. The Morgan fingerprint density at radius 2 is 2.00 bits per heavy atom. The highest BCUT2D eigenvalue weighted by Gasteiger charge is 2.14. The van der Waals surface area contributed by atoms with E-state index in [1.807, 2.05) is 13.0 Å². The zero-order valence-electron chi connectivity index (χ0n) is 11.8. The second-order valence-electron chi connectivity index (χ2n) is 4.58. The first kappa shape index (κ1) is 16.3. The minimum absolute atomic E-state index is 0.00358. The topological polar surface area (TPSA) is 96.0 Å². The Hall–Kier alpha value is -1.76. The molecule has 0 saturated heterocycles. The van der Waals surface area contributed by atoms with Crippen LogP contribution in [0.4, 0.5) is 5.69 Å². The van der Waals surface area contributed by atoms with Gasteiger partial charge in [-0.25, -0.2) is 8.42 Å². The van der Waals surface area contributed by atoms with E-state index >= 15 is 0 Å². The highest BCUT2D eigenvalue weighted by Crippen LogP contribution is 2.18. The molecule has 6 nitrogen and oxygen atoms in total. The maximum absolute atomic E-state index is 11.7. The van der Waals surface area contributed by atoms with Crippen molar-refractivity contribution in [2.75, 3.05) is 30.0 Å². The number of anilines is 1. The van der Waals surface area contributed by atoms with E-state index in [1.165, 1.54) is 0 Å². The number of amidine groups is 1. The molecule has 0 bridgehead atoms. The van der Waals surface area contributed by atoms with E-state index in [0.717, 1.165) is 5.69 Å². The molecule has 1 rings (SSSR count). The predicted octanol–water partition coefficient (Wildman–Crippen LogP) is 1.04. The molecular weight excluding hydrogens is 278 g/mol. The third-order valence-electron chi connectivity index (χ3n) is 2.95.